The molecule has 0 atom stereocenters. The average Bonchev–Trinajstić information content (AvgIpc) is 2.96. The number of anilines is 2. The molecule has 10 heteroatoms. The number of rotatable bonds is 6. The van der Waals surface area contributed by atoms with Gasteiger partial charge in [0.15, 0.2) is 0 Å². The number of halogens is 2. The third-order valence-corrected chi connectivity index (χ3v) is 4.54. The van der Waals surface area contributed by atoms with Crippen molar-refractivity contribution in [3.05, 3.63) is 56.8 Å². The van der Waals surface area contributed by atoms with E-state index >= 15 is 0 Å². The number of primary amides is 1. The lowest BCUT2D eigenvalue weighted by atomic mass is 10.3. The summed E-state index contributed by atoms with van der Waals surface area (Å²) in [4.78, 5) is 24.4. The number of benzene rings is 1. The molecule has 1 aromatic carbocycles. The number of para-hydroxylation sites is 1. The van der Waals surface area contributed by atoms with Crippen LogP contribution in [0.15, 0.2) is 36.2 Å². The van der Waals surface area contributed by atoms with Crippen molar-refractivity contribution in [1.82, 2.24) is 5.32 Å². The van der Waals surface area contributed by atoms with Crippen LogP contribution in [-0.2, 0) is 0 Å². The van der Waals surface area contributed by atoms with Crippen molar-refractivity contribution >= 4 is 52.5 Å². The predicted molar refractivity (Wildman–Crippen MR) is 102 cm³/mol. The predicted octanol–water partition coefficient (Wildman–Crippen LogP) is 3.67. The van der Waals surface area contributed by atoms with Crippen molar-refractivity contribution in [2.24, 2.45) is 5.73 Å². The van der Waals surface area contributed by atoms with E-state index in [1.165, 1.54) is 29.7 Å². The van der Waals surface area contributed by atoms with E-state index in [1.807, 2.05) is 0 Å². The number of carbonyl (C=O) groups is 2. The maximum Gasteiger partial charge on any atom is 0.323 e. The fourth-order valence-corrected chi connectivity index (χ4v) is 2.95. The van der Waals surface area contributed by atoms with Gasteiger partial charge < -0.3 is 27.1 Å². The molecule has 0 unspecified atom stereocenters. The minimum atomic E-state index is -0.770. The molecule has 0 spiro atoms. The van der Waals surface area contributed by atoms with E-state index in [0.29, 0.717) is 10.6 Å². The fraction of sp³-hybridized carbons (Fsp3) is 0.0625. The van der Waals surface area contributed by atoms with Gasteiger partial charge in [0.05, 0.1) is 27.0 Å². The molecule has 136 valence electrons. The van der Waals surface area contributed by atoms with Gasteiger partial charge in [-0.05, 0) is 25.1 Å². The maximum absolute atomic E-state index is 13.7. The van der Waals surface area contributed by atoms with Gasteiger partial charge in [-0.3, -0.25) is 4.79 Å². The molecular weight excluding hydrogens is 381 g/mol. The van der Waals surface area contributed by atoms with Crippen LogP contribution in [0.2, 0.25) is 5.02 Å². The molecule has 1 heterocycles. The van der Waals surface area contributed by atoms with E-state index in [9.17, 15) is 14.0 Å². The van der Waals surface area contributed by atoms with Crippen LogP contribution in [-0.4, -0.2) is 18.2 Å². The Hall–Kier alpha value is -2.91. The zero-order valence-electron chi connectivity index (χ0n) is 13.5. The highest BCUT2D eigenvalue weighted by Crippen LogP contribution is 2.26. The molecule has 0 bridgehead atoms. The number of aryl methyl sites for hydroxylation is 1. The molecule has 1 aromatic heterocycles. The van der Waals surface area contributed by atoms with Crippen molar-refractivity contribution in [1.29, 1.82) is 5.41 Å². The van der Waals surface area contributed by atoms with Crippen molar-refractivity contribution in [2.45, 2.75) is 6.92 Å². The van der Waals surface area contributed by atoms with Crippen molar-refractivity contribution < 1.29 is 14.0 Å². The monoisotopic (exact) mass is 395 g/mol. The Morgan fingerprint density at radius 2 is 2.12 bits per heavy atom. The number of nitrogens with one attached hydrogen (secondary N) is 4. The van der Waals surface area contributed by atoms with Crippen molar-refractivity contribution in [3.63, 3.8) is 0 Å². The Bertz CT molecular complexity index is 877. The van der Waals surface area contributed by atoms with E-state index < -0.39 is 17.8 Å². The summed E-state index contributed by atoms with van der Waals surface area (Å²) in [6, 6.07) is 4.81. The van der Waals surface area contributed by atoms with Crippen LogP contribution < -0.4 is 21.7 Å². The second-order valence-corrected chi connectivity index (χ2v) is 6.67. The Morgan fingerprint density at radius 3 is 2.69 bits per heavy atom. The van der Waals surface area contributed by atoms with E-state index in [-0.39, 0.29) is 16.4 Å². The molecule has 2 aromatic rings. The zero-order valence-corrected chi connectivity index (χ0v) is 15.1. The number of thiophene rings is 1. The van der Waals surface area contributed by atoms with Crippen LogP contribution in [0.5, 0.6) is 0 Å². The van der Waals surface area contributed by atoms with Gasteiger partial charge in [-0.25, -0.2) is 9.18 Å². The molecule has 0 aliphatic carbocycles. The highest BCUT2D eigenvalue weighted by Gasteiger charge is 2.12. The minimum absolute atomic E-state index is 0.0477. The standard InChI is InChI=1S/C16H15ClFN5O2S/c1-8-12(5-13(26-8)15(20)24)21-7-9(6-19)22-16(25)23-14-10(17)3-2-4-11(14)18/h2-7,19,21H,1H3,(H2,20,24)(H2,22,23,25)/b9-7+,19-6?. The molecular formula is C16H15ClFN5O2S. The van der Waals surface area contributed by atoms with Gasteiger partial charge in [0.2, 0.25) is 0 Å². The first-order valence-corrected chi connectivity index (χ1v) is 8.40. The molecule has 0 radical (unpaired) electrons. The van der Waals surface area contributed by atoms with Gasteiger partial charge in [-0.2, -0.15) is 0 Å². The molecule has 0 saturated heterocycles. The SMILES string of the molecule is Cc1sc(C(N)=O)cc1N/C=C(\C=N)NC(=O)Nc1c(F)cccc1Cl. The van der Waals surface area contributed by atoms with Crippen LogP contribution in [0.3, 0.4) is 0 Å². The van der Waals surface area contributed by atoms with Crippen molar-refractivity contribution in [3.8, 4) is 0 Å². The van der Waals surface area contributed by atoms with Crippen LogP contribution in [0.25, 0.3) is 0 Å². The van der Waals surface area contributed by atoms with Crippen LogP contribution >= 0.6 is 22.9 Å². The van der Waals surface area contributed by atoms with Crippen LogP contribution in [0, 0.1) is 18.2 Å². The molecule has 26 heavy (non-hydrogen) atoms. The Kier molecular flexibility index (Phi) is 6.31. The molecule has 7 nitrogen and oxygen atoms in total. The number of hydrogen-bond acceptors (Lipinski definition) is 5. The lowest BCUT2D eigenvalue weighted by Crippen LogP contribution is -2.29. The topological polar surface area (TPSA) is 120 Å². The summed E-state index contributed by atoms with van der Waals surface area (Å²) in [7, 11) is 0. The third-order valence-electron chi connectivity index (χ3n) is 3.16. The summed E-state index contributed by atoms with van der Waals surface area (Å²) in [6.45, 7) is 1.79. The molecule has 2 rings (SSSR count). The summed E-state index contributed by atoms with van der Waals surface area (Å²) in [5.74, 6) is -1.22. The van der Waals surface area contributed by atoms with E-state index in [1.54, 1.807) is 13.0 Å². The number of carbonyl (C=O) groups excluding carboxylic acids is 2. The molecule has 0 aliphatic heterocycles. The number of amides is 3. The van der Waals surface area contributed by atoms with Crippen LogP contribution in [0.4, 0.5) is 20.6 Å². The van der Waals surface area contributed by atoms with Gasteiger partial charge >= 0.3 is 6.03 Å². The van der Waals surface area contributed by atoms with Gasteiger partial charge in [0, 0.05) is 17.3 Å². The van der Waals surface area contributed by atoms with Gasteiger partial charge in [-0.1, -0.05) is 17.7 Å². The van der Waals surface area contributed by atoms with E-state index in [0.717, 1.165) is 17.2 Å². The first kappa shape index (κ1) is 19.4. The third kappa shape index (κ3) is 4.80. The largest absolute Gasteiger partial charge is 0.365 e. The van der Waals surface area contributed by atoms with Crippen LogP contribution in [0.1, 0.15) is 14.5 Å². The first-order chi connectivity index (χ1) is 12.3. The molecule has 6 N–H and O–H groups in total. The van der Waals surface area contributed by atoms with Crippen molar-refractivity contribution in [2.75, 3.05) is 10.6 Å². The lowest BCUT2D eigenvalue weighted by molar-refractivity contribution is 0.100. The molecule has 0 saturated carbocycles. The number of hydrogen-bond donors (Lipinski definition) is 5. The quantitative estimate of drug-likeness (QED) is 0.480. The molecule has 0 aliphatic rings. The summed E-state index contributed by atoms with van der Waals surface area (Å²) >= 11 is 7.06. The van der Waals surface area contributed by atoms with Gasteiger partial charge in [-0.15, -0.1) is 11.3 Å². The first-order valence-electron chi connectivity index (χ1n) is 7.21. The van der Waals surface area contributed by atoms with Gasteiger partial charge in [0.1, 0.15) is 5.82 Å². The Balaban J connectivity index is 2.06. The minimum Gasteiger partial charge on any atom is -0.365 e. The normalized spacial score (nSPS) is 11.0. The summed E-state index contributed by atoms with van der Waals surface area (Å²) < 4.78 is 13.7. The Morgan fingerprint density at radius 1 is 1.38 bits per heavy atom. The maximum atomic E-state index is 13.7. The summed E-state index contributed by atoms with van der Waals surface area (Å²) in [5.41, 5.74) is 5.78. The fourth-order valence-electron chi connectivity index (χ4n) is 1.91. The van der Waals surface area contributed by atoms with Gasteiger partial charge in [0.25, 0.3) is 5.91 Å². The lowest BCUT2D eigenvalue weighted by Gasteiger charge is -2.10. The highest BCUT2D eigenvalue weighted by atomic mass is 35.5. The smallest absolute Gasteiger partial charge is 0.323 e. The number of nitrogens with two attached hydrogens (primary N) is 1. The summed E-state index contributed by atoms with van der Waals surface area (Å²) in [6.07, 6.45) is 2.25. The molecule has 0 fully saturated rings. The highest BCUT2D eigenvalue weighted by molar-refractivity contribution is 7.14. The Labute approximate surface area is 157 Å². The van der Waals surface area contributed by atoms with E-state index in [4.69, 9.17) is 22.7 Å². The number of allylic oxidation sites excluding steroid dienone is 1. The summed E-state index contributed by atoms with van der Waals surface area (Å²) in [5, 5.41) is 15.0. The second kappa shape index (κ2) is 8.45. The number of urea groups is 1. The second-order valence-electron chi connectivity index (χ2n) is 5.01. The van der Waals surface area contributed by atoms with E-state index in [2.05, 4.69) is 16.0 Å². The average molecular weight is 396 g/mol. The molecule has 3 amide bonds. The zero-order chi connectivity index (χ0) is 19.3.